The van der Waals surface area contributed by atoms with Crippen molar-refractivity contribution < 1.29 is 4.79 Å². The number of nitrogens with one attached hydrogen (secondary N) is 1. The topological polar surface area (TPSA) is 55.1 Å². The number of benzene rings is 1. The van der Waals surface area contributed by atoms with Crippen molar-refractivity contribution in [1.82, 2.24) is 0 Å². The lowest BCUT2D eigenvalue weighted by atomic mass is 10.1. The Labute approximate surface area is 110 Å². The molecule has 1 unspecified atom stereocenters. The maximum absolute atomic E-state index is 11.8. The van der Waals surface area contributed by atoms with E-state index in [2.05, 4.69) is 25.2 Å². The molecule has 1 atom stereocenters. The van der Waals surface area contributed by atoms with Crippen molar-refractivity contribution in [2.75, 3.05) is 11.9 Å². The first-order valence-corrected chi connectivity index (χ1v) is 6.75. The van der Waals surface area contributed by atoms with E-state index in [1.807, 2.05) is 18.2 Å². The highest BCUT2D eigenvalue weighted by molar-refractivity contribution is 5.91. The zero-order valence-electron chi connectivity index (χ0n) is 11.4. The number of hydrogen-bond donors (Lipinski definition) is 2. The SMILES string of the molecule is CCCc1ccccc1NC(=O)CCC(C)CN. The summed E-state index contributed by atoms with van der Waals surface area (Å²) in [4.78, 5) is 11.8. The number of amides is 1. The number of carbonyl (C=O) groups excluding carboxylic acids is 1. The van der Waals surface area contributed by atoms with Crippen molar-refractivity contribution in [3.05, 3.63) is 29.8 Å². The van der Waals surface area contributed by atoms with Crippen LogP contribution in [0.15, 0.2) is 24.3 Å². The minimum Gasteiger partial charge on any atom is -0.330 e. The third kappa shape index (κ3) is 4.88. The molecular formula is C15H24N2O. The summed E-state index contributed by atoms with van der Waals surface area (Å²) in [5.41, 5.74) is 7.70. The second-order valence-electron chi connectivity index (χ2n) is 4.83. The van der Waals surface area contributed by atoms with Gasteiger partial charge in [0.2, 0.25) is 5.91 Å². The third-order valence-corrected chi connectivity index (χ3v) is 3.08. The van der Waals surface area contributed by atoms with Crippen LogP contribution in [0.5, 0.6) is 0 Å². The molecule has 0 saturated carbocycles. The quantitative estimate of drug-likeness (QED) is 0.779. The van der Waals surface area contributed by atoms with E-state index >= 15 is 0 Å². The molecule has 0 aliphatic rings. The molecule has 0 saturated heterocycles. The van der Waals surface area contributed by atoms with Crippen molar-refractivity contribution in [3.63, 3.8) is 0 Å². The van der Waals surface area contributed by atoms with E-state index in [0.717, 1.165) is 24.9 Å². The van der Waals surface area contributed by atoms with E-state index < -0.39 is 0 Å². The van der Waals surface area contributed by atoms with Gasteiger partial charge in [-0.3, -0.25) is 4.79 Å². The fourth-order valence-electron chi connectivity index (χ4n) is 1.84. The zero-order chi connectivity index (χ0) is 13.4. The van der Waals surface area contributed by atoms with Gasteiger partial charge in [0.05, 0.1) is 0 Å². The Bertz CT molecular complexity index is 377. The van der Waals surface area contributed by atoms with E-state index in [9.17, 15) is 4.79 Å². The van der Waals surface area contributed by atoms with Crippen molar-refractivity contribution in [1.29, 1.82) is 0 Å². The first-order chi connectivity index (χ1) is 8.67. The molecule has 3 heteroatoms. The van der Waals surface area contributed by atoms with Crippen LogP contribution in [0.1, 0.15) is 38.7 Å². The first-order valence-electron chi connectivity index (χ1n) is 6.75. The minimum atomic E-state index is 0.0823. The Morgan fingerprint density at radius 3 is 2.78 bits per heavy atom. The van der Waals surface area contributed by atoms with Gasteiger partial charge in [0.1, 0.15) is 0 Å². The number of nitrogens with two attached hydrogens (primary N) is 1. The summed E-state index contributed by atoms with van der Waals surface area (Å²) in [6, 6.07) is 8.01. The number of carbonyl (C=O) groups is 1. The summed E-state index contributed by atoms with van der Waals surface area (Å²) < 4.78 is 0. The molecule has 0 aromatic heterocycles. The number of hydrogen-bond acceptors (Lipinski definition) is 2. The molecule has 1 rings (SSSR count). The average molecular weight is 248 g/mol. The van der Waals surface area contributed by atoms with Crippen molar-refractivity contribution in [3.8, 4) is 0 Å². The molecule has 100 valence electrons. The summed E-state index contributed by atoms with van der Waals surface area (Å²) in [6.45, 7) is 4.85. The van der Waals surface area contributed by atoms with E-state index in [1.54, 1.807) is 0 Å². The van der Waals surface area contributed by atoms with Crippen molar-refractivity contribution in [2.45, 2.75) is 39.5 Å². The largest absolute Gasteiger partial charge is 0.330 e. The van der Waals surface area contributed by atoms with Crippen molar-refractivity contribution >= 4 is 11.6 Å². The van der Waals surface area contributed by atoms with Gasteiger partial charge in [0, 0.05) is 12.1 Å². The Kier molecular flexibility index (Phi) is 6.44. The number of rotatable bonds is 7. The predicted molar refractivity (Wildman–Crippen MR) is 76.5 cm³/mol. The number of para-hydroxylation sites is 1. The summed E-state index contributed by atoms with van der Waals surface area (Å²) >= 11 is 0. The highest BCUT2D eigenvalue weighted by Gasteiger charge is 2.08. The van der Waals surface area contributed by atoms with Crippen LogP contribution in [0.25, 0.3) is 0 Å². The summed E-state index contributed by atoms with van der Waals surface area (Å²) in [6.07, 6.45) is 3.46. The zero-order valence-corrected chi connectivity index (χ0v) is 11.4. The lowest BCUT2D eigenvalue weighted by Gasteiger charge is -2.11. The Morgan fingerprint density at radius 2 is 2.11 bits per heavy atom. The van der Waals surface area contributed by atoms with Crippen molar-refractivity contribution in [2.24, 2.45) is 11.7 Å². The molecule has 3 N–H and O–H groups in total. The second kappa shape index (κ2) is 7.88. The molecular weight excluding hydrogens is 224 g/mol. The molecule has 0 aliphatic heterocycles. The van der Waals surface area contributed by atoms with Gasteiger partial charge in [-0.05, 0) is 36.9 Å². The van der Waals surface area contributed by atoms with Crippen LogP contribution in [0.3, 0.4) is 0 Å². The molecule has 0 spiro atoms. The van der Waals surface area contributed by atoms with Gasteiger partial charge < -0.3 is 11.1 Å². The highest BCUT2D eigenvalue weighted by Crippen LogP contribution is 2.17. The van der Waals surface area contributed by atoms with Crippen LogP contribution in [0.2, 0.25) is 0 Å². The molecule has 0 bridgehead atoms. The van der Waals surface area contributed by atoms with Gasteiger partial charge in [0.15, 0.2) is 0 Å². The Balaban J connectivity index is 2.53. The van der Waals surface area contributed by atoms with Gasteiger partial charge in [-0.25, -0.2) is 0 Å². The molecule has 18 heavy (non-hydrogen) atoms. The van der Waals surface area contributed by atoms with E-state index in [0.29, 0.717) is 18.9 Å². The first kappa shape index (κ1) is 14.7. The number of anilines is 1. The van der Waals surface area contributed by atoms with Gasteiger partial charge in [-0.15, -0.1) is 0 Å². The maximum Gasteiger partial charge on any atom is 0.224 e. The fraction of sp³-hybridized carbons (Fsp3) is 0.533. The highest BCUT2D eigenvalue weighted by atomic mass is 16.1. The van der Waals surface area contributed by atoms with Crippen LogP contribution >= 0.6 is 0 Å². The lowest BCUT2D eigenvalue weighted by molar-refractivity contribution is -0.116. The normalized spacial score (nSPS) is 12.2. The van der Waals surface area contributed by atoms with Gasteiger partial charge in [0.25, 0.3) is 0 Å². The lowest BCUT2D eigenvalue weighted by Crippen LogP contribution is -2.17. The van der Waals surface area contributed by atoms with Gasteiger partial charge in [-0.2, -0.15) is 0 Å². The van der Waals surface area contributed by atoms with Gasteiger partial charge in [-0.1, -0.05) is 38.5 Å². The van der Waals surface area contributed by atoms with E-state index in [-0.39, 0.29) is 5.91 Å². The molecule has 0 fully saturated rings. The standard InChI is InChI=1S/C15H24N2O/c1-3-6-13-7-4-5-8-14(13)17-15(18)10-9-12(2)11-16/h4-5,7-8,12H,3,6,9-11,16H2,1-2H3,(H,17,18). The van der Waals surface area contributed by atoms with Crippen LogP contribution in [0, 0.1) is 5.92 Å². The van der Waals surface area contributed by atoms with Crippen LogP contribution in [0.4, 0.5) is 5.69 Å². The van der Waals surface area contributed by atoms with Crippen LogP contribution < -0.4 is 11.1 Å². The summed E-state index contributed by atoms with van der Waals surface area (Å²) in [5, 5.41) is 3.00. The molecule has 1 amide bonds. The smallest absolute Gasteiger partial charge is 0.224 e. The monoisotopic (exact) mass is 248 g/mol. The second-order valence-corrected chi connectivity index (χ2v) is 4.83. The average Bonchev–Trinajstić information content (AvgIpc) is 2.38. The molecule has 1 aromatic rings. The fourth-order valence-corrected chi connectivity index (χ4v) is 1.84. The van der Waals surface area contributed by atoms with Crippen LogP contribution in [-0.4, -0.2) is 12.5 Å². The summed E-state index contributed by atoms with van der Waals surface area (Å²) in [5.74, 6) is 0.487. The number of aryl methyl sites for hydroxylation is 1. The van der Waals surface area contributed by atoms with Crippen LogP contribution in [-0.2, 0) is 11.2 Å². The van der Waals surface area contributed by atoms with E-state index in [4.69, 9.17) is 5.73 Å². The minimum absolute atomic E-state index is 0.0823. The molecule has 0 aliphatic carbocycles. The van der Waals surface area contributed by atoms with E-state index in [1.165, 1.54) is 5.56 Å². The summed E-state index contributed by atoms with van der Waals surface area (Å²) in [7, 11) is 0. The molecule has 0 radical (unpaired) electrons. The predicted octanol–water partition coefficient (Wildman–Crippen LogP) is 2.95. The van der Waals surface area contributed by atoms with Gasteiger partial charge >= 0.3 is 0 Å². The molecule has 0 heterocycles. The Hall–Kier alpha value is -1.35. The Morgan fingerprint density at radius 1 is 1.39 bits per heavy atom. The third-order valence-electron chi connectivity index (χ3n) is 3.08. The molecule has 3 nitrogen and oxygen atoms in total. The molecule has 1 aromatic carbocycles. The maximum atomic E-state index is 11.8.